The van der Waals surface area contributed by atoms with Crippen LogP contribution in [0.3, 0.4) is 0 Å². The van der Waals surface area contributed by atoms with Crippen LogP contribution in [0.1, 0.15) is 34.1 Å². The van der Waals surface area contributed by atoms with Gasteiger partial charge in [0.2, 0.25) is 10.0 Å². The van der Waals surface area contributed by atoms with Crippen molar-refractivity contribution in [2.75, 3.05) is 13.2 Å². The molecule has 0 saturated carbocycles. The van der Waals surface area contributed by atoms with Crippen LogP contribution in [0.25, 0.3) is 0 Å². The van der Waals surface area contributed by atoms with Gasteiger partial charge in [0.1, 0.15) is 0 Å². The van der Waals surface area contributed by atoms with Crippen LogP contribution in [0.4, 0.5) is 0 Å². The maximum Gasteiger partial charge on any atom is 0.241 e. The number of rotatable bonds is 4. The summed E-state index contributed by atoms with van der Waals surface area (Å²) in [6, 6.07) is 0.0302. The zero-order valence-electron chi connectivity index (χ0n) is 9.93. The minimum atomic E-state index is -3.21. The Labute approximate surface area is 92.7 Å². The summed E-state index contributed by atoms with van der Waals surface area (Å²) in [6.07, 6.45) is 0.591. The van der Waals surface area contributed by atoms with Gasteiger partial charge in [-0.05, 0) is 19.8 Å². The molecule has 0 aromatic carbocycles. The fourth-order valence-electron chi connectivity index (χ4n) is 1.68. The highest BCUT2D eigenvalue weighted by Crippen LogP contribution is 2.25. The lowest BCUT2D eigenvalue weighted by molar-refractivity contribution is 0.0850. The van der Waals surface area contributed by atoms with Crippen LogP contribution < -0.4 is 0 Å². The summed E-state index contributed by atoms with van der Waals surface area (Å²) >= 11 is 0. The summed E-state index contributed by atoms with van der Waals surface area (Å²) in [7, 11) is -3.21. The van der Waals surface area contributed by atoms with Crippen LogP contribution in [0, 0.1) is 5.92 Å². The molecule has 1 saturated heterocycles. The van der Waals surface area contributed by atoms with E-state index in [2.05, 4.69) is 0 Å². The van der Waals surface area contributed by atoms with Crippen LogP contribution in [0.5, 0.6) is 0 Å². The highest BCUT2D eigenvalue weighted by molar-refractivity contribution is 7.89. The zero-order chi connectivity index (χ0) is 11.6. The quantitative estimate of drug-likeness (QED) is 0.740. The van der Waals surface area contributed by atoms with E-state index in [4.69, 9.17) is 4.74 Å². The van der Waals surface area contributed by atoms with Gasteiger partial charge in [0, 0.05) is 19.0 Å². The van der Waals surface area contributed by atoms with Gasteiger partial charge in [-0.15, -0.1) is 0 Å². The molecule has 15 heavy (non-hydrogen) atoms. The maximum absolute atomic E-state index is 11.9. The van der Waals surface area contributed by atoms with Gasteiger partial charge in [0.15, 0.2) is 5.44 Å². The normalized spacial score (nSPS) is 26.7. The molecule has 0 bridgehead atoms. The van der Waals surface area contributed by atoms with Crippen molar-refractivity contribution in [3.05, 3.63) is 0 Å². The molecule has 5 heteroatoms. The van der Waals surface area contributed by atoms with Gasteiger partial charge < -0.3 is 4.74 Å². The average Bonchev–Trinajstić information content (AvgIpc) is 2.37. The Hall–Kier alpha value is -0.130. The van der Waals surface area contributed by atoms with E-state index in [1.54, 1.807) is 0 Å². The lowest BCUT2D eigenvalue weighted by Gasteiger charge is -2.20. The standard InChI is InChI=1S/C10H21NO3S/c1-8(2)7-14-10-5-6-11(9(3)4)15(10,12)13/h8-10H,5-7H2,1-4H3. The molecular weight excluding hydrogens is 214 g/mol. The SMILES string of the molecule is CC(C)COC1CCN(C(C)C)S1(=O)=O. The first-order chi connectivity index (χ1) is 6.85. The van der Waals surface area contributed by atoms with Crippen LogP contribution >= 0.6 is 0 Å². The minimum Gasteiger partial charge on any atom is -0.361 e. The van der Waals surface area contributed by atoms with Crippen molar-refractivity contribution in [3.8, 4) is 0 Å². The molecule has 0 radical (unpaired) electrons. The zero-order valence-corrected chi connectivity index (χ0v) is 10.8. The minimum absolute atomic E-state index is 0.0302. The Morgan fingerprint density at radius 1 is 1.33 bits per heavy atom. The van der Waals surface area contributed by atoms with Gasteiger partial charge in [0.25, 0.3) is 0 Å². The highest BCUT2D eigenvalue weighted by atomic mass is 32.2. The molecule has 0 spiro atoms. The summed E-state index contributed by atoms with van der Waals surface area (Å²) < 4.78 is 30.9. The van der Waals surface area contributed by atoms with E-state index in [0.717, 1.165) is 0 Å². The molecule has 0 aromatic rings. The smallest absolute Gasteiger partial charge is 0.241 e. The van der Waals surface area contributed by atoms with Crippen LogP contribution in [0.15, 0.2) is 0 Å². The van der Waals surface area contributed by atoms with Crippen LogP contribution in [-0.2, 0) is 14.8 Å². The third-order valence-corrected chi connectivity index (χ3v) is 4.73. The van der Waals surface area contributed by atoms with Gasteiger partial charge >= 0.3 is 0 Å². The largest absolute Gasteiger partial charge is 0.361 e. The van der Waals surface area contributed by atoms with E-state index in [9.17, 15) is 8.42 Å². The molecule has 1 heterocycles. The summed E-state index contributed by atoms with van der Waals surface area (Å²) in [5, 5.41) is 0. The predicted octanol–water partition coefficient (Wildman–Crippen LogP) is 1.43. The highest BCUT2D eigenvalue weighted by Gasteiger charge is 2.40. The fourth-order valence-corrected chi connectivity index (χ4v) is 3.58. The Morgan fingerprint density at radius 2 is 1.93 bits per heavy atom. The second-order valence-corrected chi connectivity index (χ2v) is 6.72. The van der Waals surface area contributed by atoms with Crippen molar-refractivity contribution in [1.82, 2.24) is 4.31 Å². The average molecular weight is 235 g/mol. The molecule has 4 nitrogen and oxygen atoms in total. The van der Waals surface area contributed by atoms with E-state index in [0.29, 0.717) is 25.5 Å². The molecule has 0 amide bonds. The number of ether oxygens (including phenoxy) is 1. The van der Waals surface area contributed by atoms with Gasteiger partial charge in [-0.3, -0.25) is 0 Å². The van der Waals surface area contributed by atoms with Gasteiger partial charge in [0.05, 0.1) is 6.61 Å². The van der Waals surface area contributed by atoms with E-state index < -0.39 is 15.5 Å². The molecule has 1 aliphatic heterocycles. The molecule has 1 aliphatic rings. The first-order valence-electron chi connectivity index (χ1n) is 5.48. The Bertz CT molecular complexity index is 298. The Morgan fingerprint density at radius 3 is 2.33 bits per heavy atom. The second-order valence-electron chi connectivity index (χ2n) is 4.69. The number of hydrogen-bond donors (Lipinski definition) is 0. The Balaban J connectivity index is 2.64. The van der Waals surface area contributed by atoms with Crippen molar-refractivity contribution >= 4 is 10.0 Å². The first-order valence-corrected chi connectivity index (χ1v) is 6.98. The maximum atomic E-state index is 11.9. The van der Waals surface area contributed by atoms with Gasteiger partial charge in [-0.1, -0.05) is 13.8 Å². The van der Waals surface area contributed by atoms with Crippen LogP contribution in [-0.4, -0.2) is 37.4 Å². The van der Waals surface area contributed by atoms with Crippen molar-refractivity contribution in [2.45, 2.75) is 45.6 Å². The van der Waals surface area contributed by atoms with E-state index in [1.807, 2.05) is 27.7 Å². The molecule has 90 valence electrons. The van der Waals surface area contributed by atoms with Crippen LogP contribution in [0.2, 0.25) is 0 Å². The van der Waals surface area contributed by atoms with E-state index in [1.165, 1.54) is 4.31 Å². The third kappa shape index (κ3) is 2.92. The summed E-state index contributed by atoms with van der Waals surface area (Å²) in [5.41, 5.74) is -0.623. The number of sulfonamides is 1. The fraction of sp³-hybridized carbons (Fsp3) is 1.00. The van der Waals surface area contributed by atoms with Gasteiger partial charge in [-0.25, -0.2) is 8.42 Å². The topological polar surface area (TPSA) is 46.6 Å². The van der Waals surface area contributed by atoms with Crippen molar-refractivity contribution in [2.24, 2.45) is 5.92 Å². The number of nitrogens with zero attached hydrogens (tertiary/aromatic N) is 1. The summed E-state index contributed by atoms with van der Waals surface area (Å²) in [4.78, 5) is 0. The monoisotopic (exact) mass is 235 g/mol. The molecule has 0 N–H and O–H groups in total. The lowest BCUT2D eigenvalue weighted by atomic mass is 10.2. The Kier molecular flexibility index (Phi) is 4.14. The summed E-state index contributed by atoms with van der Waals surface area (Å²) in [5.74, 6) is 0.369. The van der Waals surface area contributed by atoms with E-state index in [-0.39, 0.29) is 6.04 Å². The molecule has 0 aromatic heterocycles. The molecule has 0 aliphatic carbocycles. The molecule has 1 rings (SSSR count). The molecule has 1 atom stereocenters. The molecule has 1 unspecified atom stereocenters. The molecular formula is C10H21NO3S. The predicted molar refractivity (Wildman–Crippen MR) is 60.0 cm³/mol. The first kappa shape index (κ1) is 12.9. The second kappa shape index (κ2) is 4.80. The van der Waals surface area contributed by atoms with E-state index >= 15 is 0 Å². The summed E-state index contributed by atoms with van der Waals surface area (Å²) in [6.45, 7) is 8.91. The van der Waals surface area contributed by atoms with Crippen molar-refractivity contribution < 1.29 is 13.2 Å². The van der Waals surface area contributed by atoms with Gasteiger partial charge in [-0.2, -0.15) is 4.31 Å². The lowest BCUT2D eigenvalue weighted by Crippen LogP contribution is -2.35. The van der Waals surface area contributed by atoms with Crippen molar-refractivity contribution in [1.29, 1.82) is 0 Å². The third-order valence-electron chi connectivity index (χ3n) is 2.44. The molecule has 1 fully saturated rings. The van der Waals surface area contributed by atoms with Crippen molar-refractivity contribution in [3.63, 3.8) is 0 Å². The number of hydrogen-bond acceptors (Lipinski definition) is 3.